The van der Waals surface area contributed by atoms with Crippen LogP contribution in [0.25, 0.3) is 0 Å². The van der Waals surface area contributed by atoms with E-state index >= 15 is 0 Å². The van der Waals surface area contributed by atoms with Crippen molar-refractivity contribution in [1.29, 1.82) is 0 Å². The Hall–Kier alpha value is -0.330. The van der Waals surface area contributed by atoms with Crippen LogP contribution in [0, 0.1) is 0 Å². The van der Waals surface area contributed by atoms with Gasteiger partial charge in [-0.15, -0.1) is 11.6 Å². The Morgan fingerprint density at radius 1 is 1.50 bits per heavy atom. The molecule has 106 valence electrons. The van der Waals surface area contributed by atoms with Gasteiger partial charge in [0.2, 0.25) is 5.91 Å². The fourth-order valence-corrected chi connectivity index (χ4v) is 4.04. The standard InChI is InChI=1S/C11H20ClNO4S/c1-17-8-9(12)5-6-13-11(14)10-4-2-3-7-18(10,15)16/h9-10H,2-8H2,1H3,(H,13,14). The van der Waals surface area contributed by atoms with Crippen molar-refractivity contribution < 1.29 is 17.9 Å². The van der Waals surface area contributed by atoms with Gasteiger partial charge in [-0.1, -0.05) is 6.42 Å². The Morgan fingerprint density at radius 3 is 2.83 bits per heavy atom. The molecule has 0 aromatic carbocycles. The van der Waals surface area contributed by atoms with Gasteiger partial charge in [-0.2, -0.15) is 0 Å². The predicted octanol–water partition coefficient (Wildman–Crippen LogP) is 0.714. The maximum Gasteiger partial charge on any atom is 0.238 e. The van der Waals surface area contributed by atoms with E-state index in [-0.39, 0.29) is 11.1 Å². The highest BCUT2D eigenvalue weighted by atomic mass is 35.5. The number of alkyl halides is 1. The first-order chi connectivity index (χ1) is 8.47. The smallest absolute Gasteiger partial charge is 0.238 e. The van der Waals surface area contributed by atoms with Gasteiger partial charge >= 0.3 is 0 Å². The minimum atomic E-state index is -3.25. The molecule has 2 unspecified atom stereocenters. The maximum absolute atomic E-state index is 11.8. The summed E-state index contributed by atoms with van der Waals surface area (Å²) in [5.41, 5.74) is 0. The summed E-state index contributed by atoms with van der Waals surface area (Å²) in [7, 11) is -1.70. The molecule has 1 aliphatic rings. The number of amides is 1. The fourth-order valence-electron chi connectivity index (χ4n) is 1.98. The number of halogens is 1. The van der Waals surface area contributed by atoms with Crippen LogP contribution in [0.5, 0.6) is 0 Å². The zero-order valence-electron chi connectivity index (χ0n) is 10.5. The Kier molecular flexibility index (Phi) is 6.38. The van der Waals surface area contributed by atoms with Gasteiger partial charge in [-0.05, 0) is 19.3 Å². The molecule has 2 atom stereocenters. The highest BCUT2D eigenvalue weighted by Gasteiger charge is 2.34. The molecule has 7 heteroatoms. The van der Waals surface area contributed by atoms with Crippen molar-refractivity contribution in [3.05, 3.63) is 0 Å². The topological polar surface area (TPSA) is 72.5 Å². The average Bonchev–Trinajstić information content (AvgIpc) is 2.28. The largest absolute Gasteiger partial charge is 0.383 e. The van der Waals surface area contributed by atoms with E-state index in [9.17, 15) is 13.2 Å². The van der Waals surface area contributed by atoms with Gasteiger partial charge in [0.05, 0.1) is 17.7 Å². The maximum atomic E-state index is 11.8. The Balaban J connectivity index is 2.36. The molecule has 1 fully saturated rings. The first kappa shape index (κ1) is 15.7. The van der Waals surface area contributed by atoms with Crippen LogP contribution in [0.3, 0.4) is 0 Å². The molecule has 1 heterocycles. The summed E-state index contributed by atoms with van der Waals surface area (Å²) in [5, 5.41) is 1.60. The molecule has 0 aliphatic carbocycles. The third-order valence-electron chi connectivity index (χ3n) is 2.98. The van der Waals surface area contributed by atoms with Gasteiger partial charge in [0, 0.05) is 13.7 Å². The second kappa shape index (κ2) is 7.31. The van der Waals surface area contributed by atoms with Crippen molar-refractivity contribution in [2.45, 2.75) is 36.3 Å². The lowest BCUT2D eigenvalue weighted by Gasteiger charge is -2.21. The van der Waals surface area contributed by atoms with Crippen molar-refractivity contribution in [3.8, 4) is 0 Å². The monoisotopic (exact) mass is 297 g/mol. The lowest BCUT2D eigenvalue weighted by molar-refractivity contribution is -0.120. The third-order valence-corrected chi connectivity index (χ3v) is 5.49. The summed E-state index contributed by atoms with van der Waals surface area (Å²) in [4.78, 5) is 11.8. The van der Waals surface area contributed by atoms with Crippen LogP contribution >= 0.6 is 11.6 Å². The van der Waals surface area contributed by atoms with E-state index in [2.05, 4.69) is 5.32 Å². The predicted molar refractivity (Wildman–Crippen MR) is 70.6 cm³/mol. The lowest BCUT2D eigenvalue weighted by Crippen LogP contribution is -2.43. The molecule has 1 rings (SSSR count). The molecular weight excluding hydrogens is 278 g/mol. The number of carbonyl (C=O) groups excluding carboxylic acids is 1. The summed E-state index contributed by atoms with van der Waals surface area (Å²) in [6.07, 6.45) is 2.44. The second-order valence-electron chi connectivity index (χ2n) is 4.48. The first-order valence-corrected chi connectivity index (χ1v) is 8.25. The van der Waals surface area contributed by atoms with Crippen LogP contribution in [0.2, 0.25) is 0 Å². The molecule has 1 saturated heterocycles. The summed E-state index contributed by atoms with van der Waals surface area (Å²) in [5.74, 6) is -0.275. The number of hydrogen-bond acceptors (Lipinski definition) is 4. The highest BCUT2D eigenvalue weighted by Crippen LogP contribution is 2.19. The first-order valence-electron chi connectivity index (χ1n) is 6.09. The van der Waals surface area contributed by atoms with Crippen molar-refractivity contribution in [3.63, 3.8) is 0 Å². The molecule has 1 aliphatic heterocycles. The summed E-state index contributed by atoms with van der Waals surface area (Å²) < 4.78 is 28.3. The molecular formula is C11H20ClNO4S. The van der Waals surface area contributed by atoms with Crippen LogP contribution in [0.4, 0.5) is 0 Å². The minimum absolute atomic E-state index is 0.118. The molecule has 0 bridgehead atoms. The van der Waals surface area contributed by atoms with Crippen LogP contribution in [0.1, 0.15) is 25.7 Å². The molecule has 1 amide bonds. The molecule has 0 saturated carbocycles. The molecule has 18 heavy (non-hydrogen) atoms. The fraction of sp³-hybridized carbons (Fsp3) is 0.909. The number of sulfone groups is 1. The molecule has 0 aromatic heterocycles. The van der Waals surface area contributed by atoms with E-state index in [1.54, 1.807) is 7.11 Å². The van der Waals surface area contributed by atoms with Crippen molar-refractivity contribution in [2.75, 3.05) is 26.0 Å². The van der Waals surface area contributed by atoms with Gasteiger partial charge in [-0.25, -0.2) is 8.42 Å². The molecule has 0 radical (unpaired) electrons. The number of hydrogen-bond donors (Lipinski definition) is 1. The Morgan fingerprint density at radius 2 is 2.22 bits per heavy atom. The van der Waals surface area contributed by atoms with Crippen LogP contribution in [0.15, 0.2) is 0 Å². The van der Waals surface area contributed by atoms with Gasteiger partial charge in [0.15, 0.2) is 9.84 Å². The van der Waals surface area contributed by atoms with E-state index < -0.39 is 21.0 Å². The molecule has 0 aromatic rings. The van der Waals surface area contributed by atoms with E-state index in [0.717, 1.165) is 6.42 Å². The summed E-state index contributed by atoms with van der Waals surface area (Å²) in [6.45, 7) is 0.793. The lowest BCUT2D eigenvalue weighted by atomic mass is 10.2. The second-order valence-corrected chi connectivity index (χ2v) is 7.40. The molecule has 5 nitrogen and oxygen atoms in total. The van der Waals surface area contributed by atoms with E-state index in [1.165, 1.54) is 0 Å². The number of methoxy groups -OCH3 is 1. The van der Waals surface area contributed by atoms with E-state index in [0.29, 0.717) is 32.4 Å². The van der Waals surface area contributed by atoms with E-state index in [1.807, 2.05) is 0 Å². The Labute approximate surface area is 113 Å². The minimum Gasteiger partial charge on any atom is -0.383 e. The number of rotatable bonds is 6. The molecule has 1 N–H and O–H groups in total. The zero-order chi connectivity index (χ0) is 13.6. The SMILES string of the molecule is COCC(Cl)CCNC(=O)C1CCCCS1(=O)=O. The quantitative estimate of drug-likeness (QED) is 0.733. The highest BCUT2D eigenvalue weighted by molar-refractivity contribution is 7.92. The number of ether oxygens (including phenoxy) is 1. The van der Waals surface area contributed by atoms with Gasteiger partial charge in [-0.3, -0.25) is 4.79 Å². The number of nitrogens with one attached hydrogen (secondary N) is 1. The zero-order valence-corrected chi connectivity index (χ0v) is 12.1. The van der Waals surface area contributed by atoms with Gasteiger partial charge in [0.1, 0.15) is 5.25 Å². The van der Waals surface area contributed by atoms with Crippen molar-refractivity contribution in [2.24, 2.45) is 0 Å². The normalized spacial score (nSPS) is 24.4. The molecule has 0 spiro atoms. The van der Waals surface area contributed by atoms with Crippen LogP contribution in [-0.4, -0.2) is 51.0 Å². The van der Waals surface area contributed by atoms with Crippen molar-refractivity contribution in [1.82, 2.24) is 5.32 Å². The van der Waals surface area contributed by atoms with Gasteiger partial charge < -0.3 is 10.1 Å². The van der Waals surface area contributed by atoms with E-state index in [4.69, 9.17) is 16.3 Å². The van der Waals surface area contributed by atoms with Crippen molar-refractivity contribution >= 4 is 27.3 Å². The van der Waals surface area contributed by atoms with Crippen LogP contribution in [-0.2, 0) is 19.4 Å². The van der Waals surface area contributed by atoms with Crippen LogP contribution < -0.4 is 5.32 Å². The third kappa shape index (κ3) is 4.74. The average molecular weight is 298 g/mol. The summed E-state index contributed by atoms with van der Waals surface area (Å²) in [6, 6.07) is 0. The van der Waals surface area contributed by atoms with Gasteiger partial charge in [0.25, 0.3) is 0 Å². The Bertz CT molecular complexity index is 371. The summed E-state index contributed by atoms with van der Waals surface area (Å²) >= 11 is 5.91. The number of carbonyl (C=O) groups is 1.